The van der Waals surface area contributed by atoms with Gasteiger partial charge < -0.3 is 5.32 Å². The molecule has 1 aliphatic carbocycles. The number of hydrogen-bond acceptors (Lipinski definition) is 3. The predicted octanol–water partition coefficient (Wildman–Crippen LogP) is 2.53. The van der Waals surface area contributed by atoms with Crippen molar-refractivity contribution in [1.82, 2.24) is 15.3 Å². The lowest BCUT2D eigenvalue weighted by Crippen LogP contribution is -2.16. The average molecular weight is 243 g/mol. The first-order valence-electron chi connectivity index (χ1n) is 6.11. The highest BCUT2D eigenvalue weighted by atomic mass is 19.1. The summed E-state index contributed by atoms with van der Waals surface area (Å²) in [6.07, 6.45) is 7.42. The van der Waals surface area contributed by atoms with Crippen LogP contribution in [0.15, 0.2) is 36.8 Å². The Morgan fingerprint density at radius 1 is 1.28 bits per heavy atom. The Labute approximate surface area is 105 Å². The summed E-state index contributed by atoms with van der Waals surface area (Å²) in [5, 5.41) is 3.40. The van der Waals surface area contributed by atoms with Gasteiger partial charge in [0.05, 0.1) is 11.9 Å². The van der Waals surface area contributed by atoms with Gasteiger partial charge in [-0.25, -0.2) is 4.39 Å². The van der Waals surface area contributed by atoms with Crippen molar-refractivity contribution in [2.75, 3.05) is 0 Å². The van der Waals surface area contributed by atoms with Crippen molar-refractivity contribution in [3.63, 3.8) is 0 Å². The Morgan fingerprint density at radius 2 is 2.17 bits per heavy atom. The fourth-order valence-corrected chi connectivity index (χ4v) is 1.94. The highest BCUT2D eigenvalue weighted by molar-refractivity contribution is 5.62. The molecule has 1 N–H and O–H groups in total. The Balaban J connectivity index is 1.91. The first kappa shape index (κ1) is 11.3. The molecule has 1 saturated carbocycles. The van der Waals surface area contributed by atoms with Crippen molar-refractivity contribution >= 4 is 0 Å². The molecule has 3 rings (SSSR count). The van der Waals surface area contributed by atoms with Gasteiger partial charge in [-0.1, -0.05) is 0 Å². The Hall–Kier alpha value is -1.81. The molecule has 0 unspecified atom stereocenters. The van der Waals surface area contributed by atoms with Crippen LogP contribution < -0.4 is 5.32 Å². The third kappa shape index (κ3) is 2.54. The van der Waals surface area contributed by atoms with Gasteiger partial charge in [0.2, 0.25) is 0 Å². The molecule has 92 valence electrons. The van der Waals surface area contributed by atoms with Crippen LogP contribution in [-0.2, 0) is 6.54 Å². The van der Waals surface area contributed by atoms with E-state index in [-0.39, 0.29) is 5.82 Å². The molecule has 0 atom stereocenters. The monoisotopic (exact) mass is 243 g/mol. The van der Waals surface area contributed by atoms with Crippen LogP contribution in [-0.4, -0.2) is 16.0 Å². The van der Waals surface area contributed by atoms with Crippen LogP contribution in [0, 0.1) is 5.82 Å². The summed E-state index contributed by atoms with van der Waals surface area (Å²) in [6, 6.07) is 5.40. The lowest BCUT2D eigenvalue weighted by atomic mass is 10.0. The van der Waals surface area contributed by atoms with E-state index in [1.165, 1.54) is 18.9 Å². The highest BCUT2D eigenvalue weighted by Gasteiger charge is 2.20. The predicted molar refractivity (Wildman–Crippen MR) is 67.3 cm³/mol. The number of nitrogens with one attached hydrogen (secondary N) is 1. The zero-order valence-electron chi connectivity index (χ0n) is 9.94. The number of hydrogen-bond donors (Lipinski definition) is 1. The molecule has 0 radical (unpaired) electrons. The van der Waals surface area contributed by atoms with E-state index in [1.807, 2.05) is 0 Å². The molecular weight excluding hydrogens is 229 g/mol. The summed E-state index contributed by atoms with van der Waals surface area (Å²) in [5.74, 6) is -0.213. The number of benzene rings is 1. The average Bonchev–Trinajstić information content (AvgIpc) is 3.21. The maximum atomic E-state index is 13.3. The maximum absolute atomic E-state index is 13.3. The second-order valence-corrected chi connectivity index (χ2v) is 4.55. The molecule has 4 heteroatoms. The van der Waals surface area contributed by atoms with Crippen LogP contribution in [0.2, 0.25) is 0 Å². The molecule has 0 saturated heterocycles. The number of aromatic nitrogens is 2. The summed E-state index contributed by atoms with van der Waals surface area (Å²) in [5.41, 5.74) is 2.66. The molecule has 0 spiro atoms. The summed E-state index contributed by atoms with van der Waals surface area (Å²) in [7, 11) is 0. The van der Waals surface area contributed by atoms with E-state index in [1.54, 1.807) is 30.7 Å². The Kier molecular flexibility index (Phi) is 3.02. The van der Waals surface area contributed by atoms with Crippen LogP contribution in [0.5, 0.6) is 0 Å². The zero-order chi connectivity index (χ0) is 12.4. The number of rotatable bonds is 4. The minimum atomic E-state index is -0.213. The van der Waals surface area contributed by atoms with E-state index < -0.39 is 0 Å². The number of nitrogens with zero attached hydrogens (tertiary/aromatic N) is 2. The molecule has 0 aliphatic heterocycles. The van der Waals surface area contributed by atoms with Crippen molar-refractivity contribution < 1.29 is 4.39 Å². The molecule has 1 aromatic heterocycles. The second-order valence-electron chi connectivity index (χ2n) is 4.55. The van der Waals surface area contributed by atoms with Crippen molar-refractivity contribution in [3.05, 3.63) is 48.2 Å². The van der Waals surface area contributed by atoms with Gasteiger partial charge >= 0.3 is 0 Å². The summed E-state index contributed by atoms with van der Waals surface area (Å²) in [4.78, 5) is 8.32. The van der Waals surface area contributed by atoms with Crippen molar-refractivity contribution in [3.8, 4) is 11.3 Å². The quantitative estimate of drug-likeness (QED) is 0.896. The molecule has 2 aromatic rings. The molecule has 1 aromatic carbocycles. The van der Waals surface area contributed by atoms with Crippen LogP contribution in [0.4, 0.5) is 4.39 Å². The van der Waals surface area contributed by atoms with Crippen molar-refractivity contribution in [1.29, 1.82) is 0 Å². The highest BCUT2D eigenvalue weighted by Crippen LogP contribution is 2.24. The minimum Gasteiger partial charge on any atom is -0.310 e. The topological polar surface area (TPSA) is 37.8 Å². The van der Waals surface area contributed by atoms with E-state index in [4.69, 9.17) is 0 Å². The smallest absolute Gasteiger partial charge is 0.123 e. The van der Waals surface area contributed by atoms with Gasteiger partial charge in [0.25, 0.3) is 0 Å². The molecular formula is C14H14FN3. The SMILES string of the molecule is Fc1ccc(-c2cnccn2)c(CNC2CC2)c1. The van der Waals surface area contributed by atoms with E-state index >= 15 is 0 Å². The van der Waals surface area contributed by atoms with Gasteiger partial charge in [-0.05, 0) is 36.6 Å². The van der Waals surface area contributed by atoms with Crippen LogP contribution in [0.1, 0.15) is 18.4 Å². The van der Waals surface area contributed by atoms with Gasteiger partial charge in [0.15, 0.2) is 0 Å². The normalized spacial score (nSPS) is 14.7. The Morgan fingerprint density at radius 3 is 2.89 bits per heavy atom. The summed E-state index contributed by atoms with van der Waals surface area (Å²) in [6.45, 7) is 0.675. The Bertz CT molecular complexity index is 538. The molecule has 18 heavy (non-hydrogen) atoms. The van der Waals surface area contributed by atoms with Gasteiger partial charge in [0.1, 0.15) is 5.82 Å². The van der Waals surface area contributed by atoms with Gasteiger partial charge in [0, 0.05) is 30.5 Å². The lowest BCUT2D eigenvalue weighted by molar-refractivity contribution is 0.620. The van der Waals surface area contributed by atoms with E-state index in [0.717, 1.165) is 16.8 Å². The maximum Gasteiger partial charge on any atom is 0.123 e. The largest absolute Gasteiger partial charge is 0.310 e. The zero-order valence-corrected chi connectivity index (χ0v) is 9.94. The molecule has 0 bridgehead atoms. The second kappa shape index (κ2) is 4.82. The number of halogens is 1. The van der Waals surface area contributed by atoms with E-state index in [2.05, 4.69) is 15.3 Å². The fourth-order valence-electron chi connectivity index (χ4n) is 1.94. The molecule has 0 amide bonds. The lowest BCUT2D eigenvalue weighted by Gasteiger charge is -2.09. The molecule has 1 heterocycles. The van der Waals surface area contributed by atoms with Crippen molar-refractivity contribution in [2.24, 2.45) is 0 Å². The minimum absolute atomic E-state index is 0.213. The van der Waals surface area contributed by atoms with Crippen LogP contribution in [0.25, 0.3) is 11.3 Å². The standard InChI is InChI=1S/C14H14FN3/c15-11-1-4-13(14-9-16-5-6-17-14)10(7-11)8-18-12-2-3-12/h1,4-7,9,12,18H,2-3,8H2. The third-order valence-electron chi connectivity index (χ3n) is 3.06. The van der Waals surface area contributed by atoms with E-state index in [9.17, 15) is 4.39 Å². The third-order valence-corrected chi connectivity index (χ3v) is 3.06. The molecule has 3 nitrogen and oxygen atoms in total. The van der Waals surface area contributed by atoms with Gasteiger partial charge in [-0.15, -0.1) is 0 Å². The van der Waals surface area contributed by atoms with Gasteiger partial charge in [-0.3, -0.25) is 9.97 Å². The summed E-state index contributed by atoms with van der Waals surface area (Å²) >= 11 is 0. The fraction of sp³-hybridized carbons (Fsp3) is 0.286. The van der Waals surface area contributed by atoms with Gasteiger partial charge in [-0.2, -0.15) is 0 Å². The van der Waals surface area contributed by atoms with Crippen LogP contribution >= 0.6 is 0 Å². The molecule has 1 fully saturated rings. The summed E-state index contributed by atoms with van der Waals surface area (Å²) < 4.78 is 13.3. The first-order valence-corrected chi connectivity index (χ1v) is 6.11. The first-order chi connectivity index (χ1) is 8.83. The van der Waals surface area contributed by atoms with Crippen molar-refractivity contribution in [2.45, 2.75) is 25.4 Å². The van der Waals surface area contributed by atoms with E-state index in [0.29, 0.717) is 12.6 Å². The van der Waals surface area contributed by atoms with Crippen LogP contribution in [0.3, 0.4) is 0 Å². The molecule has 1 aliphatic rings.